The molecule has 0 bridgehead atoms. The lowest BCUT2D eigenvalue weighted by Gasteiger charge is -2.16. The topological polar surface area (TPSA) is 12.0 Å². The molecule has 1 atom stereocenters. The summed E-state index contributed by atoms with van der Waals surface area (Å²) in [4.78, 5) is 2.73. The number of hydrogen-bond donors (Lipinski definition) is 1. The first-order valence-electron chi connectivity index (χ1n) is 6.81. The van der Waals surface area contributed by atoms with Gasteiger partial charge < -0.3 is 5.32 Å². The van der Waals surface area contributed by atoms with E-state index in [0.717, 1.165) is 12.8 Å². The Morgan fingerprint density at radius 2 is 1.95 bits per heavy atom. The average Bonchev–Trinajstić information content (AvgIpc) is 2.90. The molecular formula is C16H19ClFNS. The van der Waals surface area contributed by atoms with Crippen LogP contribution in [0.1, 0.15) is 22.2 Å². The Hall–Kier alpha value is -0.900. The molecule has 0 aliphatic carbocycles. The Morgan fingerprint density at radius 3 is 2.60 bits per heavy atom. The van der Waals surface area contributed by atoms with Crippen molar-refractivity contribution in [2.45, 2.75) is 32.2 Å². The van der Waals surface area contributed by atoms with Gasteiger partial charge in [0, 0.05) is 15.8 Å². The molecule has 20 heavy (non-hydrogen) atoms. The van der Waals surface area contributed by atoms with E-state index in [0.29, 0.717) is 12.0 Å². The van der Waals surface area contributed by atoms with Gasteiger partial charge in [-0.2, -0.15) is 0 Å². The van der Waals surface area contributed by atoms with Crippen molar-refractivity contribution in [3.63, 3.8) is 0 Å². The van der Waals surface area contributed by atoms with Gasteiger partial charge in [-0.1, -0.05) is 30.7 Å². The van der Waals surface area contributed by atoms with Crippen LogP contribution in [0.4, 0.5) is 4.39 Å². The second-order valence-corrected chi connectivity index (χ2v) is 6.49. The molecule has 0 fully saturated rings. The molecule has 1 nitrogen and oxygen atoms in total. The van der Waals surface area contributed by atoms with E-state index in [1.54, 1.807) is 18.2 Å². The van der Waals surface area contributed by atoms with Crippen LogP contribution in [0.3, 0.4) is 0 Å². The molecule has 108 valence electrons. The van der Waals surface area contributed by atoms with E-state index in [-0.39, 0.29) is 16.9 Å². The number of halogens is 2. The highest BCUT2D eigenvalue weighted by molar-refractivity contribution is 7.11. The first-order valence-corrected chi connectivity index (χ1v) is 8.01. The van der Waals surface area contributed by atoms with E-state index in [1.807, 2.05) is 18.4 Å². The third-order valence-electron chi connectivity index (χ3n) is 3.42. The minimum atomic E-state index is -0.296. The van der Waals surface area contributed by atoms with E-state index >= 15 is 0 Å². The Labute approximate surface area is 128 Å². The van der Waals surface area contributed by atoms with Crippen LogP contribution in [0.25, 0.3) is 0 Å². The molecule has 4 heteroatoms. The summed E-state index contributed by atoms with van der Waals surface area (Å²) in [6.45, 7) is 2.16. The molecule has 0 radical (unpaired) electrons. The van der Waals surface area contributed by atoms with Crippen LogP contribution in [0.15, 0.2) is 30.3 Å². The number of hydrogen-bond acceptors (Lipinski definition) is 2. The molecular weight excluding hydrogens is 293 g/mol. The van der Waals surface area contributed by atoms with Crippen LogP contribution >= 0.6 is 22.9 Å². The summed E-state index contributed by atoms with van der Waals surface area (Å²) < 4.78 is 13.9. The summed E-state index contributed by atoms with van der Waals surface area (Å²) in [7, 11) is 1.92. The van der Waals surface area contributed by atoms with Crippen LogP contribution in [0, 0.1) is 5.82 Å². The molecule has 0 aliphatic rings. The van der Waals surface area contributed by atoms with E-state index in [1.165, 1.54) is 9.75 Å². The summed E-state index contributed by atoms with van der Waals surface area (Å²) in [5.74, 6) is -0.296. The summed E-state index contributed by atoms with van der Waals surface area (Å²) in [6.07, 6.45) is 2.62. The lowest BCUT2D eigenvalue weighted by molar-refractivity contribution is 0.535. The van der Waals surface area contributed by atoms with Gasteiger partial charge in [0.2, 0.25) is 0 Å². The Balaban J connectivity index is 2.07. The van der Waals surface area contributed by atoms with Crippen LogP contribution in [-0.4, -0.2) is 13.1 Å². The van der Waals surface area contributed by atoms with Gasteiger partial charge in [-0.25, -0.2) is 4.39 Å². The normalized spacial score (nSPS) is 12.6. The number of likely N-dealkylation sites (N-methyl/N-ethyl adjacent to an activating group) is 1. The van der Waals surface area contributed by atoms with Crippen molar-refractivity contribution in [1.82, 2.24) is 5.32 Å². The van der Waals surface area contributed by atoms with Gasteiger partial charge in [-0.15, -0.1) is 11.3 Å². The maximum absolute atomic E-state index is 13.9. The second kappa shape index (κ2) is 7.21. The zero-order valence-electron chi connectivity index (χ0n) is 11.7. The third-order valence-corrected chi connectivity index (χ3v) is 4.96. The highest BCUT2D eigenvalue weighted by Gasteiger charge is 2.14. The van der Waals surface area contributed by atoms with Crippen LogP contribution in [0.5, 0.6) is 0 Å². The van der Waals surface area contributed by atoms with Gasteiger partial charge in [0.1, 0.15) is 5.82 Å². The molecule has 0 amide bonds. The summed E-state index contributed by atoms with van der Waals surface area (Å²) >= 11 is 7.66. The number of aryl methyl sites for hydroxylation is 1. The fraction of sp³-hybridized carbons (Fsp3) is 0.375. The Bertz CT molecular complexity index is 567. The monoisotopic (exact) mass is 311 g/mol. The van der Waals surface area contributed by atoms with Gasteiger partial charge in [0.25, 0.3) is 0 Å². The van der Waals surface area contributed by atoms with E-state index < -0.39 is 0 Å². The number of thiophene rings is 1. The van der Waals surface area contributed by atoms with Gasteiger partial charge >= 0.3 is 0 Å². The fourth-order valence-corrected chi connectivity index (χ4v) is 3.44. The van der Waals surface area contributed by atoms with Gasteiger partial charge in [-0.05, 0) is 50.1 Å². The SMILES string of the molecule is CCc1ccc(CC(Cc2cccc(Cl)c2F)NC)s1. The zero-order valence-corrected chi connectivity index (χ0v) is 13.3. The van der Waals surface area contributed by atoms with E-state index in [9.17, 15) is 4.39 Å². The van der Waals surface area contributed by atoms with Crippen LogP contribution in [-0.2, 0) is 19.3 Å². The highest BCUT2D eigenvalue weighted by Crippen LogP contribution is 2.22. The molecule has 0 aliphatic heterocycles. The van der Waals surface area contributed by atoms with Crippen molar-refractivity contribution in [3.05, 3.63) is 56.5 Å². The summed E-state index contributed by atoms with van der Waals surface area (Å²) in [6, 6.07) is 9.74. The number of nitrogens with one attached hydrogen (secondary N) is 1. The fourth-order valence-electron chi connectivity index (χ4n) is 2.21. The predicted octanol–water partition coefficient (Wildman–Crippen LogP) is 4.48. The van der Waals surface area contributed by atoms with Crippen LogP contribution < -0.4 is 5.32 Å². The van der Waals surface area contributed by atoms with E-state index in [4.69, 9.17) is 11.6 Å². The molecule has 1 unspecified atom stereocenters. The Morgan fingerprint density at radius 1 is 1.20 bits per heavy atom. The highest BCUT2D eigenvalue weighted by atomic mass is 35.5. The van der Waals surface area contributed by atoms with Crippen molar-refractivity contribution in [2.24, 2.45) is 0 Å². The zero-order chi connectivity index (χ0) is 14.5. The molecule has 0 spiro atoms. The molecule has 1 heterocycles. The van der Waals surface area contributed by atoms with Crippen molar-refractivity contribution in [2.75, 3.05) is 7.05 Å². The standard InChI is InChI=1S/C16H19ClFNS/c1-3-13-7-8-14(20-13)10-12(19-2)9-11-5-4-6-15(17)16(11)18/h4-8,12,19H,3,9-10H2,1-2H3. The van der Waals surface area contributed by atoms with Gasteiger partial charge in [-0.3, -0.25) is 0 Å². The smallest absolute Gasteiger partial charge is 0.145 e. The molecule has 2 rings (SSSR count). The molecule has 1 aromatic heterocycles. The maximum Gasteiger partial charge on any atom is 0.145 e. The van der Waals surface area contributed by atoms with Gasteiger partial charge in [0.05, 0.1) is 5.02 Å². The Kier molecular flexibility index (Phi) is 5.58. The van der Waals surface area contributed by atoms with Crippen LogP contribution in [0.2, 0.25) is 5.02 Å². The third kappa shape index (κ3) is 3.81. The van der Waals surface area contributed by atoms with Crippen molar-refractivity contribution in [3.8, 4) is 0 Å². The number of rotatable bonds is 6. The lowest BCUT2D eigenvalue weighted by atomic mass is 10.0. The van der Waals surface area contributed by atoms with E-state index in [2.05, 4.69) is 24.4 Å². The molecule has 1 N–H and O–H groups in total. The first kappa shape index (κ1) is 15.5. The molecule has 0 saturated heterocycles. The minimum Gasteiger partial charge on any atom is -0.316 e. The number of benzene rings is 1. The summed E-state index contributed by atoms with van der Waals surface area (Å²) in [5.41, 5.74) is 0.670. The summed E-state index contributed by atoms with van der Waals surface area (Å²) in [5, 5.41) is 3.47. The second-order valence-electron chi connectivity index (χ2n) is 4.83. The predicted molar refractivity (Wildman–Crippen MR) is 85.4 cm³/mol. The van der Waals surface area contributed by atoms with Crippen molar-refractivity contribution in [1.29, 1.82) is 0 Å². The van der Waals surface area contributed by atoms with Crippen molar-refractivity contribution < 1.29 is 4.39 Å². The first-order chi connectivity index (χ1) is 9.63. The average molecular weight is 312 g/mol. The maximum atomic E-state index is 13.9. The molecule has 1 aromatic carbocycles. The minimum absolute atomic E-state index is 0.196. The van der Waals surface area contributed by atoms with Crippen molar-refractivity contribution >= 4 is 22.9 Å². The molecule has 2 aromatic rings. The quantitative estimate of drug-likeness (QED) is 0.829. The van der Waals surface area contributed by atoms with Gasteiger partial charge in [0.15, 0.2) is 0 Å². The largest absolute Gasteiger partial charge is 0.316 e. The molecule has 0 saturated carbocycles. The lowest BCUT2D eigenvalue weighted by Crippen LogP contribution is -2.30.